The summed E-state index contributed by atoms with van der Waals surface area (Å²) in [6.07, 6.45) is -0.256. The molecule has 0 aromatic heterocycles. The third-order valence-corrected chi connectivity index (χ3v) is 7.65. The van der Waals surface area contributed by atoms with E-state index >= 15 is 0 Å². The SMILES string of the molecule is CC(C)CNC(=O)[C@H](C)N(Cc1ccc(Cl)cc1)C(=O)CCN1C(=O)c2ccccc2S1(=O)=O. The first kappa shape index (κ1) is 25.7. The fourth-order valence-electron chi connectivity index (χ4n) is 3.61. The highest BCUT2D eigenvalue weighted by Crippen LogP contribution is 2.30. The molecule has 0 unspecified atom stereocenters. The standard InChI is InChI=1S/C24H28ClN3O5S/c1-16(2)14-26-23(30)17(3)27(15-18-8-10-19(25)11-9-18)22(29)12-13-28-24(31)20-6-4-5-7-21(20)34(28,32)33/h4-11,16-17H,12-15H2,1-3H3,(H,26,30)/t17-/m0/s1. The van der Waals surface area contributed by atoms with Crippen molar-refractivity contribution in [1.29, 1.82) is 0 Å². The summed E-state index contributed by atoms with van der Waals surface area (Å²) in [6, 6.07) is 12.0. The lowest BCUT2D eigenvalue weighted by molar-refractivity contribution is -0.140. The summed E-state index contributed by atoms with van der Waals surface area (Å²) in [6.45, 7) is 5.83. The number of amides is 3. The molecular formula is C24H28ClN3O5S. The quantitative estimate of drug-likeness (QED) is 0.564. The fourth-order valence-corrected chi connectivity index (χ4v) is 5.31. The average molecular weight is 506 g/mol. The van der Waals surface area contributed by atoms with Gasteiger partial charge in [0.2, 0.25) is 11.8 Å². The molecule has 1 N–H and O–H groups in total. The van der Waals surface area contributed by atoms with E-state index < -0.39 is 27.9 Å². The molecule has 0 fully saturated rings. The van der Waals surface area contributed by atoms with E-state index in [2.05, 4.69) is 5.32 Å². The van der Waals surface area contributed by atoms with Crippen molar-refractivity contribution in [3.63, 3.8) is 0 Å². The van der Waals surface area contributed by atoms with Gasteiger partial charge in [0.15, 0.2) is 0 Å². The smallest absolute Gasteiger partial charge is 0.269 e. The lowest BCUT2D eigenvalue weighted by Gasteiger charge is -2.29. The van der Waals surface area contributed by atoms with Gasteiger partial charge >= 0.3 is 0 Å². The molecule has 10 heteroatoms. The van der Waals surface area contributed by atoms with Crippen molar-refractivity contribution in [2.24, 2.45) is 5.92 Å². The minimum atomic E-state index is -4.02. The monoisotopic (exact) mass is 505 g/mol. The average Bonchev–Trinajstić information content (AvgIpc) is 3.00. The number of benzene rings is 2. The van der Waals surface area contributed by atoms with E-state index in [1.807, 2.05) is 13.8 Å². The number of rotatable bonds is 9. The van der Waals surface area contributed by atoms with Gasteiger partial charge < -0.3 is 10.2 Å². The van der Waals surface area contributed by atoms with Crippen molar-refractivity contribution in [1.82, 2.24) is 14.5 Å². The molecule has 2 aromatic rings. The van der Waals surface area contributed by atoms with Gasteiger partial charge in [-0.3, -0.25) is 14.4 Å². The summed E-state index contributed by atoms with van der Waals surface area (Å²) in [4.78, 5) is 39.9. The van der Waals surface area contributed by atoms with Gasteiger partial charge in [0.25, 0.3) is 15.9 Å². The normalized spacial score (nSPS) is 15.2. The summed E-state index contributed by atoms with van der Waals surface area (Å²) in [5, 5.41) is 3.37. The highest BCUT2D eigenvalue weighted by atomic mass is 35.5. The van der Waals surface area contributed by atoms with E-state index in [-0.39, 0.29) is 41.8 Å². The highest BCUT2D eigenvalue weighted by Gasteiger charge is 2.41. The number of hydrogen-bond donors (Lipinski definition) is 1. The van der Waals surface area contributed by atoms with Crippen LogP contribution in [0.5, 0.6) is 0 Å². The Kier molecular flexibility index (Phi) is 7.99. The maximum absolute atomic E-state index is 13.2. The summed E-state index contributed by atoms with van der Waals surface area (Å²) >= 11 is 5.96. The molecule has 0 bridgehead atoms. The third-order valence-electron chi connectivity index (χ3n) is 5.56. The number of halogens is 1. The van der Waals surface area contributed by atoms with Crippen LogP contribution in [-0.4, -0.2) is 54.5 Å². The summed E-state index contributed by atoms with van der Waals surface area (Å²) in [5.41, 5.74) is 0.855. The summed E-state index contributed by atoms with van der Waals surface area (Å²) in [7, 11) is -4.02. The van der Waals surface area contributed by atoms with Crippen molar-refractivity contribution in [3.05, 3.63) is 64.7 Å². The van der Waals surface area contributed by atoms with Gasteiger partial charge in [-0.2, -0.15) is 0 Å². The Labute approximate surface area is 204 Å². The molecule has 1 atom stereocenters. The number of hydrogen-bond acceptors (Lipinski definition) is 5. The Balaban J connectivity index is 1.77. The minimum absolute atomic E-state index is 0.0631. The molecule has 3 amide bonds. The molecule has 1 aliphatic rings. The second kappa shape index (κ2) is 10.6. The van der Waals surface area contributed by atoms with Crippen LogP contribution in [0.3, 0.4) is 0 Å². The van der Waals surface area contributed by atoms with Crippen molar-refractivity contribution in [2.45, 2.75) is 44.7 Å². The summed E-state index contributed by atoms with van der Waals surface area (Å²) in [5.74, 6) is -1.17. The zero-order chi connectivity index (χ0) is 25.0. The van der Waals surface area contributed by atoms with E-state index in [0.29, 0.717) is 11.6 Å². The molecule has 0 spiro atoms. The Morgan fingerprint density at radius 2 is 1.71 bits per heavy atom. The molecular weight excluding hydrogens is 478 g/mol. The first-order valence-corrected chi connectivity index (χ1v) is 12.8. The molecule has 3 rings (SSSR count). The Bertz CT molecular complexity index is 1180. The van der Waals surface area contributed by atoms with Crippen LogP contribution in [0.15, 0.2) is 53.4 Å². The Morgan fingerprint density at radius 3 is 2.32 bits per heavy atom. The second-order valence-corrected chi connectivity index (χ2v) is 10.9. The molecule has 1 aliphatic heterocycles. The number of carbonyl (C=O) groups is 3. The van der Waals surface area contributed by atoms with Crippen LogP contribution in [0, 0.1) is 5.92 Å². The zero-order valence-corrected chi connectivity index (χ0v) is 20.9. The van der Waals surface area contributed by atoms with Crippen molar-refractivity contribution >= 4 is 39.3 Å². The van der Waals surface area contributed by atoms with Crippen LogP contribution in [-0.2, 0) is 26.2 Å². The van der Waals surface area contributed by atoms with E-state index in [4.69, 9.17) is 11.6 Å². The number of carbonyl (C=O) groups excluding carboxylic acids is 3. The van der Waals surface area contributed by atoms with Crippen molar-refractivity contribution in [3.8, 4) is 0 Å². The highest BCUT2D eigenvalue weighted by molar-refractivity contribution is 7.90. The second-order valence-electron chi connectivity index (χ2n) is 8.59. The van der Waals surface area contributed by atoms with Crippen LogP contribution in [0.1, 0.15) is 43.1 Å². The van der Waals surface area contributed by atoms with Gasteiger partial charge in [-0.15, -0.1) is 0 Å². The van der Waals surface area contributed by atoms with Crippen LogP contribution in [0.25, 0.3) is 0 Å². The van der Waals surface area contributed by atoms with Crippen LogP contribution >= 0.6 is 11.6 Å². The number of sulfonamides is 1. The fraction of sp³-hybridized carbons (Fsp3) is 0.375. The van der Waals surface area contributed by atoms with Gasteiger partial charge in [0, 0.05) is 31.1 Å². The molecule has 0 aliphatic carbocycles. The minimum Gasteiger partial charge on any atom is -0.354 e. The van der Waals surface area contributed by atoms with Gasteiger partial charge in [-0.25, -0.2) is 12.7 Å². The van der Waals surface area contributed by atoms with Crippen LogP contribution in [0.4, 0.5) is 0 Å². The molecule has 2 aromatic carbocycles. The van der Waals surface area contributed by atoms with Gasteiger partial charge in [0.05, 0.1) is 5.56 Å². The summed E-state index contributed by atoms with van der Waals surface area (Å²) < 4.78 is 26.3. The van der Waals surface area contributed by atoms with E-state index in [0.717, 1.165) is 9.87 Å². The lowest BCUT2D eigenvalue weighted by atomic mass is 10.1. The zero-order valence-electron chi connectivity index (χ0n) is 19.3. The van der Waals surface area contributed by atoms with Crippen molar-refractivity contribution in [2.75, 3.05) is 13.1 Å². The van der Waals surface area contributed by atoms with E-state index in [9.17, 15) is 22.8 Å². The molecule has 0 saturated carbocycles. The van der Waals surface area contributed by atoms with Crippen molar-refractivity contribution < 1.29 is 22.8 Å². The van der Waals surface area contributed by atoms with Crippen LogP contribution in [0.2, 0.25) is 5.02 Å². The van der Waals surface area contributed by atoms with Gasteiger partial charge in [0.1, 0.15) is 10.9 Å². The predicted octanol–water partition coefficient (Wildman–Crippen LogP) is 3.06. The number of nitrogens with one attached hydrogen (secondary N) is 1. The molecule has 34 heavy (non-hydrogen) atoms. The first-order valence-electron chi connectivity index (χ1n) is 11.0. The molecule has 0 radical (unpaired) electrons. The molecule has 182 valence electrons. The molecule has 0 saturated heterocycles. The Hall–Kier alpha value is -2.91. The largest absolute Gasteiger partial charge is 0.354 e. The lowest BCUT2D eigenvalue weighted by Crippen LogP contribution is -2.49. The van der Waals surface area contributed by atoms with E-state index in [1.54, 1.807) is 43.3 Å². The van der Waals surface area contributed by atoms with E-state index in [1.165, 1.54) is 17.0 Å². The first-order chi connectivity index (χ1) is 16.0. The van der Waals surface area contributed by atoms with Gasteiger partial charge in [-0.05, 0) is 42.7 Å². The maximum atomic E-state index is 13.2. The number of fused-ring (bicyclic) bond motifs is 1. The van der Waals surface area contributed by atoms with Crippen LogP contribution < -0.4 is 5.32 Å². The Morgan fingerprint density at radius 1 is 1.06 bits per heavy atom. The number of nitrogens with zero attached hydrogens (tertiary/aromatic N) is 2. The van der Waals surface area contributed by atoms with Gasteiger partial charge in [-0.1, -0.05) is 49.7 Å². The predicted molar refractivity (Wildman–Crippen MR) is 129 cm³/mol. The molecule has 8 nitrogen and oxygen atoms in total. The third kappa shape index (κ3) is 5.59. The maximum Gasteiger partial charge on any atom is 0.269 e. The molecule has 1 heterocycles. The topological polar surface area (TPSA) is 104 Å².